The summed E-state index contributed by atoms with van der Waals surface area (Å²) in [6.07, 6.45) is 1.82. The summed E-state index contributed by atoms with van der Waals surface area (Å²) in [4.78, 5) is 19.3. The van der Waals surface area contributed by atoms with E-state index < -0.39 is 0 Å². The fraction of sp³-hybridized carbons (Fsp3) is 0.611. The van der Waals surface area contributed by atoms with Crippen LogP contribution in [0.25, 0.3) is 0 Å². The van der Waals surface area contributed by atoms with Gasteiger partial charge in [-0.15, -0.1) is 0 Å². The van der Waals surface area contributed by atoms with Crippen molar-refractivity contribution in [1.29, 1.82) is 0 Å². The van der Waals surface area contributed by atoms with E-state index in [1.807, 2.05) is 17.0 Å². The molecule has 2 saturated heterocycles. The third kappa shape index (κ3) is 4.31. The molecule has 2 fully saturated rings. The van der Waals surface area contributed by atoms with Crippen molar-refractivity contribution in [2.45, 2.75) is 25.4 Å². The van der Waals surface area contributed by atoms with E-state index in [1.165, 1.54) is 5.56 Å². The molecule has 1 amide bonds. The number of piperidine rings is 1. The highest BCUT2D eigenvalue weighted by Crippen LogP contribution is 2.15. The standard InChI is InChI=1S/C18H28N4O/c1-20-10-12-21(13-11-20)14-15-2-4-16(5-3-15)18(23)22-8-6-17(19)7-9-22/h2-5,17H,6-14,19H2,1H3. The number of nitrogens with two attached hydrogens (primary N) is 1. The summed E-state index contributed by atoms with van der Waals surface area (Å²) in [5.41, 5.74) is 7.99. The van der Waals surface area contributed by atoms with E-state index in [4.69, 9.17) is 5.73 Å². The zero-order valence-corrected chi connectivity index (χ0v) is 14.1. The van der Waals surface area contributed by atoms with Gasteiger partial charge in [0.15, 0.2) is 0 Å². The molecule has 3 rings (SSSR count). The van der Waals surface area contributed by atoms with Crippen molar-refractivity contribution in [3.63, 3.8) is 0 Å². The molecule has 2 aliphatic heterocycles. The molecule has 5 heteroatoms. The third-order valence-corrected chi connectivity index (χ3v) is 5.03. The van der Waals surface area contributed by atoms with Gasteiger partial charge in [0.2, 0.25) is 0 Å². The second-order valence-corrected chi connectivity index (χ2v) is 6.91. The Labute approximate surface area is 139 Å². The van der Waals surface area contributed by atoms with Gasteiger partial charge in [-0.3, -0.25) is 9.69 Å². The monoisotopic (exact) mass is 316 g/mol. The van der Waals surface area contributed by atoms with Crippen LogP contribution in [-0.2, 0) is 6.54 Å². The summed E-state index contributed by atoms with van der Waals surface area (Å²) < 4.78 is 0. The molecule has 23 heavy (non-hydrogen) atoms. The Morgan fingerprint density at radius 3 is 2.26 bits per heavy atom. The second-order valence-electron chi connectivity index (χ2n) is 6.91. The lowest BCUT2D eigenvalue weighted by Gasteiger charge is -2.32. The number of likely N-dealkylation sites (N-methyl/N-ethyl adjacent to an activating group) is 1. The smallest absolute Gasteiger partial charge is 0.253 e. The van der Waals surface area contributed by atoms with Crippen LogP contribution in [0.2, 0.25) is 0 Å². The van der Waals surface area contributed by atoms with Crippen molar-refractivity contribution in [3.8, 4) is 0 Å². The van der Waals surface area contributed by atoms with Crippen LogP contribution in [-0.4, -0.2) is 73.0 Å². The molecule has 0 aliphatic carbocycles. The number of benzene rings is 1. The lowest BCUT2D eigenvalue weighted by atomic mass is 10.0. The quantitative estimate of drug-likeness (QED) is 0.904. The molecular weight excluding hydrogens is 288 g/mol. The molecule has 0 saturated carbocycles. The summed E-state index contributed by atoms with van der Waals surface area (Å²) >= 11 is 0. The van der Waals surface area contributed by atoms with E-state index >= 15 is 0 Å². The highest BCUT2D eigenvalue weighted by atomic mass is 16.2. The van der Waals surface area contributed by atoms with E-state index in [9.17, 15) is 4.79 Å². The van der Waals surface area contributed by atoms with Crippen LogP contribution in [0, 0.1) is 0 Å². The van der Waals surface area contributed by atoms with Crippen LogP contribution in [0.4, 0.5) is 0 Å². The Kier molecular flexibility index (Phi) is 5.30. The molecule has 2 heterocycles. The van der Waals surface area contributed by atoms with Crippen LogP contribution in [0.5, 0.6) is 0 Å². The molecule has 0 aromatic heterocycles. The summed E-state index contributed by atoms with van der Waals surface area (Å²) in [7, 11) is 2.17. The minimum Gasteiger partial charge on any atom is -0.339 e. The molecule has 0 bridgehead atoms. The molecule has 1 aromatic rings. The van der Waals surface area contributed by atoms with Gasteiger partial charge in [0.05, 0.1) is 0 Å². The van der Waals surface area contributed by atoms with Gasteiger partial charge in [0.25, 0.3) is 5.91 Å². The maximum absolute atomic E-state index is 12.5. The maximum atomic E-state index is 12.5. The van der Waals surface area contributed by atoms with Gasteiger partial charge in [-0.1, -0.05) is 12.1 Å². The number of rotatable bonds is 3. The van der Waals surface area contributed by atoms with Crippen molar-refractivity contribution in [2.24, 2.45) is 5.73 Å². The highest BCUT2D eigenvalue weighted by Gasteiger charge is 2.21. The Morgan fingerprint density at radius 2 is 1.65 bits per heavy atom. The summed E-state index contributed by atoms with van der Waals surface area (Å²) in [6.45, 7) is 7.03. The first-order valence-corrected chi connectivity index (χ1v) is 8.66. The lowest BCUT2D eigenvalue weighted by Crippen LogP contribution is -2.43. The second kappa shape index (κ2) is 7.43. The Balaban J connectivity index is 1.55. The molecule has 0 atom stereocenters. The number of likely N-dealkylation sites (tertiary alicyclic amines) is 1. The zero-order valence-electron chi connectivity index (χ0n) is 14.1. The highest BCUT2D eigenvalue weighted by molar-refractivity contribution is 5.94. The predicted octanol–water partition coefficient (Wildman–Crippen LogP) is 0.997. The number of hydrogen-bond donors (Lipinski definition) is 1. The van der Waals surface area contributed by atoms with Crippen molar-refractivity contribution in [1.82, 2.24) is 14.7 Å². The van der Waals surface area contributed by atoms with Crippen LogP contribution < -0.4 is 5.73 Å². The largest absolute Gasteiger partial charge is 0.339 e. The summed E-state index contributed by atoms with van der Waals surface area (Å²) in [5.74, 6) is 0.142. The first-order chi connectivity index (χ1) is 11.1. The van der Waals surface area contributed by atoms with Gasteiger partial charge < -0.3 is 15.5 Å². The molecule has 2 N–H and O–H groups in total. The molecule has 0 spiro atoms. The fourth-order valence-corrected chi connectivity index (χ4v) is 3.30. The van der Waals surface area contributed by atoms with E-state index in [2.05, 4.69) is 29.0 Å². The van der Waals surface area contributed by atoms with Gasteiger partial charge in [-0.25, -0.2) is 0 Å². The van der Waals surface area contributed by atoms with E-state index in [0.717, 1.165) is 64.2 Å². The lowest BCUT2D eigenvalue weighted by molar-refractivity contribution is 0.0714. The van der Waals surface area contributed by atoms with Crippen LogP contribution >= 0.6 is 0 Å². The molecular formula is C18H28N4O. The topological polar surface area (TPSA) is 52.8 Å². The van der Waals surface area contributed by atoms with Gasteiger partial charge in [-0.05, 0) is 37.6 Å². The van der Waals surface area contributed by atoms with Crippen molar-refractivity contribution >= 4 is 5.91 Å². The van der Waals surface area contributed by atoms with Crippen molar-refractivity contribution in [2.75, 3.05) is 46.3 Å². The minimum absolute atomic E-state index is 0.142. The normalized spacial score (nSPS) is 21.6. The average molecular weight is 316 g/mol. The number of nitrogens with zero attached hydrogens (tertiary/aromatic N) is 3. The van der Waals surface area contributed by atoms with Crippen LogP contribution in [0.3, 0.4) is 0 Å². The Bertz CT molecular complexity index is 514. The number of hydrogen-bond acceptors (Lipinski definition) is 4. The first kappa shape index (κ1) is 16.4. The van der Waals surface area contributed by atoms with Crippen molar-refractivity contribution < 1.29 is 4.79 Å². The minimum atomic E-state index is 0.142. The summed E-state index contributed by atoms with van der Waals surface area (Å²) in [5, 5.41) is 0. The van der Waals surface area contributed by atoms with E-state index in [-0.39, 0.29) is 11.9 Å². The SMILES string of the molecule is CN1CCN(Cc2ccc(C(=O)N3CCC(N)CC3)cc2)CC1. The van der Waals surface area contributed by atoms with Crippen molar-refractivity contribution in [3.05, 3.63) is 35.4 Å². The Morgan fingerprint density at radius 1 is 1.04 bits per heavy atom. The number of piperazine rings is 1. The van der Waals surface area contributed by atoms with E-state index in [1.54, 1.807) is 0 Å². The predicted molar refractivity (Wildman–Crippen MR) is 92.3 cm³/mol. The summed E-state index contributed by atoms with van der Waals surface area (Å²) in [6, 6.07) is 8.40. The number of amides is 1. The van der Waals surface area contributed by atoms with Crippen LogP contribution in [0.15, 0.2) is 24.3 Å². The average Bonchev–Trinajstić information content (AvgIpc) is 2.58. The number of carbonyl (C=O) groups excluding carboxylic acids is 1. The first-order valence-electron chi connectivity index (χ1n) is 8.66. The molecule has 5 nitrogen and oxygen atoms in total. The fourth-order valence-electron chi connectivity index (χ4n) is 3.30. The zero-order chi connectivity index (χ0) is 16.2. The number of carbonyl (C=O) groups is 1. The third-order valence-electron chi connectivity index (χ3n) is 5.03. The molecule has 1 aromatic carbocycles. The maximum Gasteiger partial charge on any atom is 0.253 e. The van der Waals surface area contributed by atoms with Gasteiger partial charge in [-0.2, -0.15) is 0 Å². The van der Waals surface area contributed by atoms with Crippen LogP contribution in [0.1, 0.15) is 28.8 Å². The molecule has 2 aliphatic rings. The van der Waals surface area contributed by atoms with E-state index in [0.29, 0.717) is 0 Å². The molecule has 0 radical (unpaired) electrons. The Hall–Kier alpha value is -1.43. The molecule has 126 valence electrons. The van der Waals surface area contributed by atoms with Gasteiger partial charge in [0.1, 0.15) is 0 Å². The van der Waals surface area contributed by atoms with Gasteiger partial charge >= 0.3 is 0 Å². The molecule has 0 unspecified atom stereocenters. The van der Waals surface area contributed by atoms with Gasteiger partial charge in [0, 0.05) is 57.4 Å².